The summed E-state index contributed by atoms with van der Waals surface area (Å²) in [5.41, 5.74) is 4.97. The third-order valence-corrected chi connectivity index (χ3v) is 10.4. The molecule has 246 valence electrons. The van der Waals surface area contributed by atoms with Crippen molar-refractivity contribution < 1.29 is 53.1 Å². The summed E-state index contributed by atoms with van der Waals surface area (Å²) in [6, 6.07) is 10.9. The second-order valence-electron chi connectivity index (χ2n) is 13.1. The van der Waals surface area contributed by atoms with Crippen molar-refractivity contribution in [3.63, 3.8) is 0 Å². The Morgan fingerprint density at radius 3 is 2.02 bits per heavy atom. The maximum Gasteiger partial charge on any atom is 0.235 e. The van der Waals surface area contributed by atoms with Gasteiger partial charge in [0.15, 0.2) is 57.6 Å². The Morgan fingerprint density at radius 1 is 0.854 bits per heavy atom. The first-order valence-electron chi connectivity index (χ1n) is 15.4. The number of primary amides is 1. The number of hydrogen-bond acceptors (Lipinski definition) is 12. The number of nitrogens with zero attached hydrogens (tertiary/aromatic N) is 1. The van der Waals surface area contributed by atoms with Crippen molar-refractivity contribution >= 4 is 29.0 Å². The zero-order valence-corrected chi connectivity index (χ0v) is 25.8. The van der Waals surface area contributed by atoms with Crippen LogP contribution in [0, 0.1) is 23.7 Å². The second-order valence-corrected chi connectivity index (χ2v) is 13.1. The van der Waals surface area contributed by atoms with Crippen LogP contribution in [0.4, 0.5) is 0 Å². The molecule has 6 atom stereocenters. The van der Waals surface area contributed by atoms with Crippen LogP contribution in [0.25, 0.3) is 22.3 Å². The van der Waals surface area contributed by atoms with Crippen molar-refractivity contribution in [3.05, 3.63) is 53.6 Å². The lowest BCUT2D eigenvalue weighted by molar-refractivity contribution is -0.181. The Hall–Kier alpha value is -5.27. The molecule has 3 aromatic carbocycles. The molecule has 5 aliphatic rings. The lowest BCUT2D eigenvalue weighted by Crippen LogP contribution is -2.74. The molecule has 0 spiro atoms. The predicted molar refractivity (Wildman–Crippen MR) is 164 cm³/mol. The number of ketones is 4. The number of nitrogens with two attached hydrogens (primary N) is 1. The van der Waals surface area contributed by atoms with E-state index in [1.54, 1.807) is 56.6 Å². The maximum atomic E-state index is 14.6. The van der Waals surface area contributed by atoms with Gasteiger partial charge in [-0.2, -0.15) is 0 Å². The molecule has 1 amide bonds. The third-order valence-electron chi connectivity index (χ3n) is 10.4. The van der Waals surface area contributed by atoms with E-state index in [9.17, 15) is 34.2 Å². The molecular weight excluding hydrogens is 624 g/mol. The second kappa shape index (κ2) is 10.4. The highest BCUT2D eigenvalue weighted by Crippen LogP contribution is 2.54. The van der Waals surface area contributed by atoms with E-state index >= 15 is 0 Å². The number of phenols is 1. The molecule has 13 heteroatoms. The number of carbonyl (C=O) groups excluding carboxylic acids is 5. The van der Waals surface area contributed by atoms with E-state index in [2.05, 4.69) is 0 Å². The average molecular weight is 655 g/mol. The largest absolute Gasteiger partial charge is 0.507 e. The number of fused-ring (bicyclic) bond motifs is 5. The van der Waals surface area contributed by atoms with Gasteiger partial charge >= 0.3 is 0 Å². The van der Waals surface area contributed by atoms with E-state index in [1.807, 2.05) is 0 Å². The topological polar surface area (TPSA) is 192 Å². The highest BCUT2D eigenvalue weighted by atomic mass is 16.7. The summed E-state index contributed by atoms with van der Waals surface area (Å²) in [5.74, 6) is -9.20. The first-order valence-corrected chi connectivity index (χ1v) is 15.4. The van der Waals surface area contributed by atoms with Gasteiger partial charge in [-0.15, -0.1) is 0 Å². The van der Waals surface area contributed by atoms with Crippen LogP contribution in [-0.4, -0.2) is 83.5 Å². The van der Waals surface area contributed by atoms with Gasteiger partial charge in [-0.1, -0.05) is 12.1 Å². The van der Waals surface area contributed by atoms with E-state index < -0.39 is 64.4 Å². The highest BCUT2D eigenvalue weighted by Gasteiger charge is 2.69. The molecule has 3 aliphatic carbocycles. The maximum absolute atomic E-state index is 14.6. The molecule has 2 heterocycles. The number of aliphatic hydroxyl groups is 1. The third kappa shape index (κ3) is 4.00. The number of hydrogen-bond donors (Lipinski definition) is 3. The van der Waals surface area contributed by atoms with Crippen molar-refractivity contribution in [2.75, 3.05) is 27.7 Å². The molecule has 0 aromatic heterocycles. The first kappa shape index (κ1) is 30.1. The van der Waals surface area contributed by atoms with Crippen LogP contribution in [0.2, 0.25) is 0 Å². The van der Waals surface area contributed by atoms with E-state index in [0.717, 1.165) is 0 Å². The van der Waals surface area contributed by atoms with Crippen molar-refractivity contribution in [2.24, 2.45) is 29.4 Å². The lowest BCUT2D eigenvalue weighted by atomic mass is 9.52. The molecule has 0 radical (unpaired) electrons. The van der Waals surface area contributed by atoms with Crippen LogP contribution in [-0.2, 0) is 25.6 Å². The molecule has 2 unspecified atom stereocenters. The molecule has 0 bridgehead atoms. The number of Topliss-reactive ketones (excluding diaryl/α,β-unsaturated/α-hetero) is 4. The molecule has 2 aliphatic heterocycles. The van der Waals surface area contributed by atoms with Crippen molar-refractivity contribution in [2.45, 2.75) is 24.5 Å². The lowest BCUT2D eigenvalue weighted by Gasteiger charge is -2.52. The number of aromatic hydroxyl groups is 1. The summed E-state index contributed by atoms with van der Waals surface area (Å²) >= 11 is 0. The number of likely N-dealkylation sites (N-methyl/N-ethyl adjacent to an activating group) is 1. The fourth-order valence-corrected chi connectivity index (χ4v) is 8.28. The molecule has 2 saturated carbocycles. The summed E-state index contributed by atoms with van der Waals surface area (Å²) in [6.07, 6.45) is 0.0414. The molecule has 4 N–H and O–H groups in total. The zero-order valence-electron chi connectivity index (χ0n) is 25.8. The summed E-state index contributed by atoms with van der Waals surface area (Å²) in [6.45, 7) is 0.0746. The smallest absolute Gasteiger partial charge is 0.235 e. The molecule has 3 aromatic rings. The summed E-state index contributed by atoms with van der Waals surface area (Å²) in [4.78, 5) is 69.8. The molecule has 0 saturated heterocycles. The van der Waals surface area contributed by atoms with Gasteiger partial charge in [0.1, 0.15) is 5.75 Å². The monoisotopic (exact) mass is 654 g/mol. The Labute approximate surface area is 273 Å². The minimum Gasteiger partial charge on any atom is -0.507 e. The van der Waals surface area contributed by atoms with Gasteiger partial charge in [-0.05, 0) is 85.4 Å². The Balaban J connectivity index is 1.31. The standard InChI is InChI=1S/C35H30N2O11/c1-37(2)28-20-8-16-7-19-17(14-3-5-21-23(9-14)47-12-45-21)11-18(15-4-6-22-24(10-15)48-13-46-22)29(38)26(19)30(39)25(16)32(41)35(20,44)33(42)27(31(28)40)34(36)43/h3-6,9-11,16,20,25,27-28,38,44H,7-8,12-13H2,1-2H3,(H2,36,43)/t16-,20-,25?,27?,28-,35-/m0/s1. The number of phenolic OH excluding ortho intramolecular Hbond substituents is 1. The Morgan fingerprint density at radius 2 is 1.44 bits per heavy atom. The first-order chi connectivity index (χ1) is 22.9. The zero-order chi connectivity index (χ0) is 33.8. The fourth-order valence-electron chi connectivity index (χ4n) is 8.28. The van der Waals surface area contributed by atoms with Crippen molar-refractivity contribution in [3.8, 4) is 51.0 Å². The number of rotatable bonds is 4. The number of ether oxygens (including phenoxy) is 4. The van der Waals surface area contributed by atoms with E-state index in [4.69, 9.17) is 24.7 Å². The normalized spacial score (nSPS) is 28.3. The van der Waals surface area contributed by atoms with Gasteiger partial charge in [-0.25, -0.2) is 0 Å². The minimum atomic E-state index is -2.82. The fraction of sp³-hybridized carbons (Fsp3) is 0.343. The van der Waals surface area contributed by atoms with E-state index in [1.165, 1.54) is 4.90 Å². The quantitative estimate of drug-likeness (QED) is 0.345. The van der Waals surface area contributed by atoms with Crippen molar-refractivity contribution in [1.29, 1.82) is 0 Å². The number of carbonyl (C=O) groups is 5. The molecule has 8 rings (SSSR count). The number of benzene rings is 3. The van der Waals surface area contributed by atoms with Gasteiger partial charge in [0.05, 0.1) is 17.5 Å². The summed E-state index contributed by atoms with van der Waals surface area (Å²) in [5, 5.41) is 23.8. The van der Waals surface area contributed by atoms with Crippen LogP contribution in [0.5, 0.6) is 28.7 Å². The van der Waals surface area contributed by atoms with Crippen molar-refractivity contribution in [1.82, 2.24) is 4.90 Å². The van der Waals surface area contributed by atoms with Crippen LogP contribution in [0.15, 0.2) is 42.5 Å². The molecule has 48 heavy (non-hydrogen) atoms. The molecule has 2 fully saturated rings. The van der Waals surface area contributed by atoms with Gasteiger partial charge in [-0.3, -0.25) is 28.9 Å². The predicted octanol–water partition coefficient (Wildman–Crippen LogP) is 1.66. The molecule has 13 nitrogen and oxygen atoms in total. The van der Waals surface area contributed by atoms with Gasteiger partial charge < -0.3 is 34.9 Å². The Bertz CT molecular complexity index is 2000. The van der Waals surface area contributed by atoms with Gasteiger partial charge in [0.2, 0.25) is 19.5 Å². The minimum absolute atomic E-state index is 0.0284. The van der Waals surface area contributed by atoms with Crippen LogP contribution >= 0.6 is 0 Å². The van der Waals surface area contributed by atoms with Crippen LogP contribution in [0.1, 0.15) is 22.3 Å². The van der Waals surface area contributed by atoms with E-state index in [0.29, 0.717) is 45.3 Å². The average Bonchev–Trinajstić information content (AvgIpc) is 3.71. The van der Waals surface area contributed by atoms with Crippen LogP contribution < -0.4 is 24.7 Å². The van der Waals surface area contributed by atoms with E-state index in [-0.39, 0.29) is 43.3 Å². The van der Waals surface area contributed by atoms with Gasteiger partial charge in [0, 0.05) is 11.5 Å². The highest BCUT2D eigenvalue weighted by molar-refractivity contribution is 6.32. The summed E-state index contributed by atoms with van der Waals surface area (Å²) < 4.78 is 22.1. The molecular formula is C35H30N2O11. The van der Waals surface area contributed by atoms with Crippen LogP contribution in [0.3, 0.4) is 0 Å². The number of amides is 1. The summed E-state index contributed by atoms with van der Waals surface area (Å²) in [7, 11) is 3.09. The Kier molecular flexibility index (Phi) is 6.50. The van der Waals surface area contributed by atoms with Gasteiger partial charge in [0.25, 0.3) is 0 Å². The SMILES string of the molecule is CN(C)[C@@H]1C(=O)C(C(N)=O)C(=O)[C@@]2(O)C(=O)C3C(=O)c4c(O)c(-c5ccc6c(c5)OCO6)cc(-c5ccc6c(c5)OCO6)c4C[C@H]3C[C@@H]12.